The molecule has 0 N–H and O–H groups in total. The fourth-order valence-corrected chi connectivity index (χ4v) is 7.21. The van der Waals surface area contributed by atoms with Crippen LogP contribution in [0.1, 0.15) is 24.1 Å². The van der Waals surface area contributed by atoms with Gasteiger partial charge in [0, 0.05) is 29.4 Å². The Labute approximate surface area is 204 Å². The van der Waals surface area contributed by atoms with E-state index >= 15 is 0 Å². The third-order valence-corrected chi connectivity index (χ3v) is 9.52. The summed E-state index contributed by atoms with van der Waals surface area (Å²) >= 11 is 10.6. The number of anilines is 1. The van der Waals surface area contributed by atoms with E-state index in [4.69, 9.17) is 16.3 Å². The lowest BCUT2D eigenvalue weighted by Gasteiger charge is -2.31. The van der Waals surface area contributed by atoms with Crippen LogP contribution in [0.2, 0.25) is 5.02 Å². The van der Waals surface area contributed by atoms with Crippen LogP contribution < -0.4 is 9.64 Å². The number of aromatic nitrogens is 1. The summed E-state index contributed by atoms with van der Waals surface area (Å²) in [7, 11) is -2.05. The predicted octanol–water partition coefficient (Wildman–Crippen LogP) is 5.74. The lowest BCUT2D eigenvalue weighted by Crippen LogP contribution is -2.39. The average molecular weight is 560 g/mol. The average Bonchev–Trinajstić information content (AvgIpc) is 3.25. The maximum absolute atomic E-state index is 13.7. The second-order valence-electron chi connectivity index (χ2n) is 7.57. The van der Waals surface area contributed by atoms with E-state index in [1.807, 2.05) is 5.38 Å². The Balaban J connectivity index is 1.43. The second kappa shape index (κ2) is 9.67. The Morgan fingerprint density at radius 1 is 1.25 bits per heavy atom. The van der Waals surface area contributed by atoms with Gasteiger partial charge in [-0.3, -0.25) is 0 Å². The van der Waals surface area contributed by atoms with Crippen molar-refractivity contribution in [2.24, 2.45) is 0 Å². The Morgan fingerprint density at radius 3 is 2.69 bits per heavy atom. The minimum atomic E-state index is -3.52. The monoisotopic (exact) mass is 558 g/mol. The van der Waals surface area contributed by atoms with Crippen molar-refractivity contribution >= 4 is 53.8 Å². The maximum atomic E-state index is 13.7. The third-order valence-electron chi connectivity index (χ3n) is 5.49. The molecule has 5 nitrogen and oxygen atoms in total. The number of halogens is 3. The molecule has 0 saturated carbocycles. The summed E-state index contributed by atoms with van der Waals surface area (Å²) in [5.41, 5.74) is 1.65. The summed E-state index contributed by atoms with van der Waals surface area (Å²) < 4.78 is 46.2. The van der Waals surface area contributed by atoms with Crippen molar-refractivity contribution in [2.45, 2.75) is 29.4 Å². The van der Waals surface area contributed by atoms with Crippen LogP contribution in [0.3, 0.4) is 0 Å². The van der Waals surface area contributed by atoms with Crippen LogP contribution >= 0.6 is 38.9 Å². The SMILES string of the molecule is COc1ccc(Br)cc1S(=O)(=O)C1CCN(c2nc(Cc3ccc(Cl)c(F)c3)cs2)CC1. The van der Waals surface area contributed by atoms with Gasteiger partial charge in [0.05, 0.1) is 23.1 Å². The zero-order valence-electron chi connectivity index (χ0n) is 17.2. The Morgan fingerprint density at radius 2 is 2.00 bits per heavy atom. The van der Waals surface area contributed by atoms with E-state index in [-0.39, 0.29) is 9.92 Å². The molecule has 1 aliphatic heterocycles. The Hall–Kier alpha value is -1.68. The molecule has 3 aromatic rings. The van der Waals surface area contributed by atoms with Crippen LogP contribution in [0.5, 0.6) is 5.75 Å². The highest BCUT2D eigenvalue weighted by Crippen LogP contribution is 2.34. The fraction of sp³-hybridized carbons (Fsp3) is 0.318. The van der Waals surface area contributed by atoms with E-state index in [0.717, 1.165) is 16.4 Å². The first-order valence-electron chi connectivity index (χ1n) is 9.98. The Kier molecular flexibility index (Phi) is 7.09. The lowest BCUT2D eigenvalue weighted by atomic mass is 10.1. The smallest absolute Gasteiger partial charge is 0.185 e. The van der Waals surface area contributed by atoms with Crippen LogP contribution in [-0.4, -0.2) is 38.9 Å². The topological polar surface area (TPSA) is 59.5 Å². The van der Waals surface area contributed by atoms with Gasteiger partial charge in [-0.1, -0.05) is 33.6 Å². The molecule has 0 unspecified atom stereocenters. The number of hydrogen-bond donors (Lipinski definition) is 0. The van der Waals surface area contributed by atoms with Crippen molar-refractivity contribution in [1.29, 1.82) is 0 Å². The largest absolute Gasteiger partial charge is 0.495 e. The number of hydrogen-bond acceptors (Lipinski definition) is 6. The first kappa shape index (κ1) is 23.5. The van der Waals surface area contributed by atoms with Crippen molar-refractivity contribution < 1.29 is 17.5 Å². The summed E-state index contributed by atoms with van der Waals surface area (Å²) in [6.45, 7) is 1.20. The van der Waals surface area contributed by atoms with Crippen LogP contribution in [0, 0.1) is 5.82 Å². The molecule has 4 rings (SSSR count). The fourth-order valence-electron chi connectivity index (χ4n) is 3.79. The molecule has 1 fully saturated rings. The number of piperidine rings is 1. The van der Waals surface area contributed by atoms with Gasteiger partial charge < -0.3 is 9.64 Å². The van der Waals surface area contributed by atoms with E-state index in [0.29, 0.717) is 42.6 Å². The standard InChI is InChI=1S/C22H21BrClFN2O3S2/c1-30-20-5-3-15(23)12-21(20)32(28,29)17-6-8-27(9-7-17)22-26-16(13-31-22)10-14-2-4-18(24)19(25)11-14/h2-5,11-13,17H,6-10H2,1H3. The highest BCUT2D eigenvalue weighted by Gasteiger charge is 2.34. The molecule has 170 valence electrons. The third kappa shape index (κ3) is 4.95. The molecule has 1 aliphatic rings. The molecule has 0 aliphatic carbocycles. The first-order valence-corrected chi connectivity index (χ1v) is 13.6. The molecular weight excluding hydrogens is 539 g/mol. The molecule has 0 spiro atoms. The minimum Gasteiger partial charge on any atom is -0.495 e. The van der Waals surface area contributed by atoms with E-state index in [1.54, 1.807) is 30.3 Å². The van der Waals surface area contributed by atoms with Gasteiger partial charge in [0.25, 0.3) is 0 Å². The summed E-state index contributed by atoms with van der Waals surface area (Å²) in [6, 6.07) is 9.79. The predicted molar refractivity (Wildman–Crippen MR) is 129 cm³/mol. The highest BCUT2D eigenvalue weighted by atomic mass is 79.9. The lowest BCUT2D eigenvalue weighted by molar-refractivity contribution is 0.401. The molecule has 0 atom stereocenters. The molecule has 0 radical (unpaired) electrons. The van der Waals surface area contributed by atoms with Gasteiger partial charge in [-0.25, -0.2) is 17.8 Å². The van der Waals surface area contributed by atoms with Gasteiger partial charge in [-0.2, -0.15) is 0 Å². The van der Waals surface area contributed by atoms with Gasteiger partial charge in [0.15, 0.2) is 15.0 Å². The number of thiazole rings is 1. The molecule has 2 aromatic carbocycles. The molecular formula is C22H21BrClFN2O3S2. The molecule has 32 heavy (non-hydrogen) atoms. The normalized spacial score (nSPS) is 15.2. The summed E-state index contributed by atoms with van der Waals surface area (Å²) in [5, 5.41) is 2.44. The van der Waals surface area contributed by atoms with Crippen molar-refractivity contribution in [3.8, 4) is 5.75 Å². The Bertz CT molecular complexity index is 1230. The first-order chi connectivity index (χ1) is 15.3. The van der Waals surface area contributed by atoms with Gasteiger partial charge in [-0.15, -0.1) is 11.3 Å². The van der Waals surface area contributed by atoms with Crippen LogP contribution in [0.15, 0.2) is 51.1 Å². The zero-order valence-corrected chi connectivity index (χ0v) is 21.2. The van der Waals surface area contributed by atoms with Crippen LogP contribution in [-0.2, 0) is 16.3 Å². The van der Waals surface area contributed by atoms with E-state index in [2.05, 4.69) is 25.8 Å². The van der Waals surface area contributed by atoms with Crippen molar-refractivity contribution in [3.63, 3.8) is 0 Å². The van der Waals surface area contributed by atoms with Crippen LogP contribution in [0.4, 0.5) is 9.52 Å². The minimum absolute atomic E-state index is 0.103. The van der Waals surface area contributed by atoms with E-state index in [9.17, 15) is 12.8 Å². The molecule has 0 bridgehead atoms. The molecule has 1 aromatic heterocycles. The van der Waals surface area contributed by atoms with Gasteiger partial charge in [0.1, 0.15) is 16.5 Å². The van der Waals surface area contributed by atoms with Crippen molar-refractivity contribution in [1.82, 2.24) is 4.98 Å². The zero-order chi connectivity index (χ0) is 22.9. The number of rotatable bonds is 6. The number of sulfone groups is 1. The van der Waals surface area contributed by atoms with Gasteiger partial charge in [-0.05, 0) is 48.7 Å². The van der Waals surface area contributed by atoms with E-state index < -0.39 is 20.9 Å². The van der Waals surface area contributed by atoms with Crippen LogP contribution in [0.25, 0.3) is 0 Å². The van der Waals surface area contributed by atoms with Gasteiger partial charge in [0.2, 0.25) is 0 Å². The second-order valence-corrected chi connectivity index (χ2v) is 11.9. The molecule has 0 amide bonds. The molecule has 2 heterocycles. The van der Waals surface area contributed by atoms with Crippen molar-refractivity contribution in [3.05, 3.63) is 68.3 Å². The number of nitrogens with zero attached hydrogens (tertiary/aromatic N) is 2. The number of ether oxygens (including phenoxy) is 1. The van der Waals surface area contributed by atoms with Crippen molar-refractivity contribution in [2.75, 3.05) is 25.1 Å². The quantitative estimate of drug-likeness (QED) is 0.385. The summed E-state index contributed by atoms with van der Waals surface area (Å²) in [4.78, 5) is 7.01. The maximum Gasteiger partial charge on any atom is 0.185 e. The number of benzene rings is 2. The highest BCUT2D eigenvalue weighted by molar-refractivity contribution is 9.10. The summed E-state index contributed by atoms with van der Waals surface area (Å²) in [6.07, 6.45) is 1.53. The van der Waals surface area contributed by atoms with Gasteiger partial charge >= 0.3 is 0 Å². The summed E-state index contributed by atoms with van der Waals surface area (Å²) in [5.74, 6) is -0.0798. The molecule has 10 heteroatoms. The molecule has 1 saturated heterocycles. The number of methoxy groups -OCH3 is 1. The van der Waals surface area contributed by atoms with E-state index in [1.165, 1.54) is 24.5 Å².